The lowest BCUT2D eigenvalue weighted by atomic mass is 9.95. The molecule has 2 N–H and O–H groups in total. The molecule has 2 aliphatic heterocycles. The van der Waals surface area contributed by atoms with Crippen LogP contribution in [0.4, 0.5) is 0 Å². The summed E-state index contributed by atoms with van der Waals surface area (Å²) in [6.07, 6.45) is 2.39. The Bertz CT molecular complexity index is 532. The van der Waals surface area contributed by atoms with E-state index < -0.39 is 0 Å². The molecular formula is C17H32N6O. The largest absolute Gasteiger partial charge is 0.379 e. The standard InChI is InChI=1S/C17H32N6O/c1-17(2,18)13-23-6-4-5-14(11-23)16-20-19-15(21(16)3)12-22-7-9-24-10-8-22/h14H,4-13,18H2,1-3H3. The van der Waals surface area contributed by atoms with E-state index in [2.05, 4.69) is 45.5 Å². The molecule has 0 aliphatic carbocycles. The molecule has 0 spiro atoms. The van der Waals surface area contributed by atoms with Gasteiger partial charge in [-0.2, -0.15) is 0 Å². The molecule has 3 rings (SSSR count). The van der Waals surface area contributed by atoms with Gasteiger partial charge in [-0.05, 0) is 33.2 Å². The van der Waals surface area contributed by atoms with Gasteiger partial charge in [0, 0.05) is 44.7 Å². The fourth-order valence-electron chi connectivity index (χ4n) is 3.81. The van der Waals surface area contributed by atoms with Crippen LogP contribution in [0.3, 0.4) is 0 Å². The maximum absolute atomic E-state index is 6.20. The molecular weight excluding hydrogens is 304 g/mol. The van der Waals surface area contributed by atoms with Crippen molar-refractivity contribution in [3.63, 3.8) is 0 Å². The summed E-state index contributed by atoms with van der Waals surface area (Å²) in [6, 6.07) is 0. The third-order valence-corrected chi connectivity index (χ3v) is 4.97. The van der Waals surface area contributed by atoms with Gasteiger partial charge in [0.15, 0.2) is 0 Å². The van der Waals surface area contributed by atoms with Gasteiger partial charge in [0.25, 0.3) is 0 Å². The first-order chi connectivity index (χ1) is 11.4. The molecule has 1 unspecified atom stereocenters. The van der Waals surface area contributed by atoms with E-state index in [1.54, 1.807) is 0 Å². The van der Waals surface area contributed by atoms with Gasteiger partial charge in [-0.25, -0.2) is 0 Å². The van der Waals surface area contributed by atoms with E-state index in [1.807, 2.05) is 0 Å². The Morgan fingerprint density at radius 3 is 2.62 bits per heavy atom. The van der Waals surface area contributed by atoms with Crippen LogP contribution in [0, 0.1) is 0 Å². The van der Waals surface area contributed by atoms with Crippen LogP contribution in [0.1, 0.15) is 44.3 Å². The minimum absolute atomic E-state index is 0.150. The monoisotopic (exact) mass is 336 g/mol. The van der Waals surface area contributed by atoms with Crippen LogP contribution in [0.2, 0.25) is 0 Å². The zero-order valence-corrected chi connectivity index (χ0v) is 15.4. The highest BCUT2D eigenvalue weighted by Gasteiger charge is 2.28. The first kappa shape index (κ1) is 17.8. The van der Waals surface area contributed by atoms with Gasteiger partial charge in [0.05, 0.1) is 19.8 Å². The second-order valence-electron chi connectivity index (χ2n) is 7.98. The van der Waals surface area contributed by atoms with Gasteiger partial charge in [-0.15, -0.1) is 10.2 Å². The number of hydrogen-bond acceptors (Lipinski definition) is 6. The smallest absolute Gasteiger partial charge is 0.146 e. The Labute approximate surface area is 145 Å². The molecule has 7 nitrogen and oxygen atoms in total. The second kappa shape index (κ2) is 7.47. The van der Waals surface area contributed by atoms with Crippen molar-refractivity contribution in [2.75, 3.05) is 45.9 Å². The van der Waals surface area contributed by atoms with Crippen molar-refractivity contribution in [1.29, 1.82) is 0 Å². The summed E-state index contributed by atoms with van der Waals surface area (Å²) in [7, 11) is 2.11. The zero-order chi connectivity index (χ0) is 17.2. The number of nitrogens with two attached hydrogens (primary N) is 1. The molecule has 2 saturated heterocycles. The van der Waals surface area contributed by atoms with E-state index in [1.165, 1.54) is 12.8 Å². The fourth-order valence-corrected chi connectivity index (χ4v) is 3.81. The van der Waals surface area contributed by atoms with Crippen molar-refractivity contribution in [3.8, 4) is 0 Å². The summed E-state index contributed by atoms with van der Waals surface area (Å²) in [4.78, 5) is 4.87. The van der Waals surface area contributed by atoms with Gasteiger partial charge in [-0.3, -0.25) is 4.90 Å². The fraction of sp³-hybridized carbons (Fsp3) is 0.882. The highest BCUT2D eigenvalue weighted by atomic mass is 16.5. The van der Waals surface area contributed by atoms with Gasteiger partial charge in [-0.1, -0.05) is 0 Å². The molecule has 0 amide bonds. The number of hydrogen-bond donors (Lipinski definition) is 1. The Balaban J connectivity index is 1.64. The molecule has 2 aliphatic rings. The second-order valence-corrected chi connectivity index (χ2v) is 7.98. The van der Waals surface area contributed by atoms with Crippen molar-refractivity contribution >= 4 is 0 Å². The average molecular weight is 336 g/mol. The lowest BCUT2D eigenvalue weighted by Crippen LogP contribution is -2.48. The predicted octanol–water partition coefficient (Wildman–Crippen LogP) is 0.564. The maximum Gasteiger partial charge on any atom is 0.146 e. The van der Waals surface area contributed by atoms with E-state index in [4.69, 9.17) is 10.5 Å². The average Bonchev–Trinajstić information content (AvgIpc) is 2.88. The number of piperidine rings is 1. The Morgan fingerprint density at radius 1 is 1.17 bits per heavy atom. The molecule has 3 heterocycles. The molecule has 0 aromatic carbocycles. The summed E-state index contributed by atoms with van der Waals surface area (Å²) in [5, 5.41) is 9.00. The maximum atomic E-state index is 6.20. The summed E-state index contributed by atoms with van der Waals surface area (Å²) in [5.41, 5.74) is 6.05. The summed E-state index contributed by atoms with van der Waals surface area (Å²) in [5.74, 6) is 2.64. The third kappa shape index (κ3) is 4.53. The first-order valence-corrected chi connectivity index (χ1v) is 9.12. The lowest BCUT2D eigenvalue weighted by molar-refractivity contribution is 0.0326. The molecule has 0 radical (unpaired) electrons. The van der Waals surface area contributed by atoms with Crippen molar-refractivity contribution in [2.45, 2.75) is 44.7 Å². The van der Waals surface area contributed by atoms with Gasteiger partial charge >= 0.3 is 0 Å². The van der Waals surface area contributed by atoms with Crippen LogP contribution in [0.25, 0.3) is 0 Å². The van der Waals surface area contributed by atoms with E-state index in [-0.39, 0.29) is 5.54 Å². The normalized spacial score (nSPS) is 24.4. The summed E-state index contributed by atoms with van der Waals surface area (Å²) in [6.45, 7) is 11.7. The molecule has 1 atom stereocenters. The molecule has 2 fully saturated rings. The molecule has 1 aromatic heterocycles. The number of ether oxygens (including phenoxy) is 1. The number of aromatic nitrogens is 3. The van der Waals surface area contributed by atoms with Crippen LogP contribution in [-0.4, -0.2) is 76.0 Å². The van der Waals surface area contributed by atoms with Gasteiger partial charge < -0.3 is 19.9 Å². The Kier molecular flexibility index (Phi) is 5.54. The topological polar surface area (TPSA) is 72.4 Å². The van der Waals surface area contributed by atoms with E-state index in [0.29, 0.717) is 5.92 Å². The minimum Gasteiger partial charge on any atom is -0.379 e. The lowest BCUT2D eigenvalue weighted by Gasteiger charge is -2.36. The molecule has 24 heavy (non-hydrogen) atoms. The first-order valence-electron chi connectivity index (χ1n) is 9.12. The van der Waals surface area contributed by atoms with Gasteiger partial charge in [0.2, 0.25) is 0 Å². The third-order valence-electron chi connectivity index (χ3n) is 4.97. The SMILES string of the molecule is Cn1c(CN2CCOCC2)nnc1C1CCCN(CC(C)(C)N)C1. The van der Waals surface area contributed by atoms with Crippen LogP contribution in [0.5, 0.6) is 0 Å². The van der Waals surface area contributed by atoms with E-state index >= 15 is 0 Å². The predicted molar refractivity (Wildman–Crippen MR) is 93.8 cm³/mol. The number of morpholine rings is 1. The van der Waals surface area contributed by atoms with Crippen molar-refractivity contribution in [1.82, 2.24) is 24.6 Å². The Hall–Kier alpha value is -1.02. The molecule has 0 bridgehead atoms. The molecule has 136 valence electrons. The van der Waals surface area contributed by atoms with Crippen molar-refractivity contribution < 1.29 is 4.74 Å². The van der Waals surface area contributed by atoms with Gasteiger partial charge in [0.1, 0.15) is 11.6 Å². The zero-order valence-electron chi connectivity index (χ0n) is 15.4. The quantitative estimate of drug-likeness (QED) is 0.847. The van der Waals surface area contributed by atoms with Crippen molar-refractivity contribution in [3.05, 3.63) is 11.6 Å². The highest BCUT2D eigenvalue weighted by Crippen LogP contribution is 2.26. The van der Waals surface area contributed by atoms with E-state index in [0.717, 1.165) is 64.1 Å². The van der Waals surface area contributed by atoms with Crippen LogP contribution >= 0.6 is 0 Å². The number of rotatable bonds is 5. The van der Waals surface area contributed by atoms with Crippen LogP contribution in [0.15, 0.2) is 0 Å². The number of likely N-dealkylation sites (tertiary alicyclic amines) is 1. The molecule has 7 heteroatoms. The number of nitrogens with zero attached hydrogens (tertiary/aromatic N) is 5. The minimum atomic E-state index is -0.150. The molecule has 0 saturated carbocycles. The molecule has 1 aromatic rings. The highest BCUT2D eigenvalue weighted by molar-refractivity contribution is 5.04. The Morgan fingerprint density at radius 2 is 1.92 bits per heavy atom. The summed E-state index contributed by atoms with van der Waals surface area (Å²) >= 11 is 0. The van der Waals surface area contributed by atoms with Crippen LogP contribution in [-0.2, 0) is 18.3 Å². The van der Waals surface area contributed by atoms with Crippen LogP contribution < -0.4 is 5.73 Å². The van der Waals surface area contributed by atoms with Crippen molar-refractivity contribution in [2.24, 2.45) is 12.8 Å². The van der Waals surface area contributed by atoms with E-state index in [9.17, 15) is 0 Å². The summed E-state index contributed by atoms with van der Waals surface area (Å²) < 4.78 is 7.62.